The lowest BCUT2D eigenvalue weighted by atomic mass is 10.0. The van der Waals surface area contributed by atoms with Crippen molar-refractivity contribution in [2.45, 2.75) is 20.3 Å². The first kappa shape index (κ1) is 20.1. The van der Waals surface area contributed by atoms with Gasteiger partial charge in [-0.3, -0.25) is 4.79 Å². The van der Waals surface area contributed by atoms with Gasteiger partial charge in [-0.25, -0.2) is 0 Å². The zero-order chi connectivity index (χ0) is 21.3. The number of hydrogen-bond donors (Lipinski definition) is 3. The van der Waals surface area contributed by atoms with Gasteiger partial charge >= 0.3 is 0 Å². The molecule has 3 aromatic rings. The van der Waals surface area contributed by atoms with Crippen LogP contribution in [0.5, 0.6) is 28.7 Å². The number of aromatic hydroxyl groups is 3. The molecule has 0 fully saturated rings. The highest BCUT2D eigenvalue weighted by Gasteiger charge is 2.22. The summed E-state index contributed by atoms with van der Waals surface area (Å²) in [5.41, 5.74) is 1.51. The van der Waals surface area contributed by atoms with E-state index in [1.54, 1.807) is 6.07 Å². The highest BCUT2D eigenvalue weighted by atomic mass is 16.5. The van der Waals surface area contributed by atoms with Gasteiger partial charge in [0.2, 0.25) is 11.2 Å². The molecule has 152 valence electrons. The fourth-order valence-corrected chi connectivity index (χ4v) is 3.07. The monoisotopic (exact) mass is 398 g/mol. The summed E-state index contributed by atoms with van der Waals surface area (Å²) in [4.78, 5) is 12.9. The zero-order valence-corrected chi connectivity index (χ0v) is 16.6. The largest absolute Gasteiger partial charge is 0.508 e. The molecule has 3 rings (SSSR count). The van der Waals surface area contributed by atoms with Crippen molar-refractivity contribution in [1.82, 2.24) is 0 Å². The van der Waals surface area contributed by atoms with E-state index in [0.29, 0.717) is 17.5 Å². The van der Waals surface area contributed by atoms with Crippen LogP contribution in [-0.2, 0) is 6.42 Å². The van der Waals surface area contributed by atoms with Crippen LogP contribution in [0, 0.1) is 0 Å². The molecule has 0 amide bonds. The number of benzene rings is 2. The number of methoxy groups -OCH3 is 2. The van der Waals surface area contributed by atoms with Crippen molar-refractivity contribution in [3.05, 3.63) is 51.7 Å². The van der Waals surface area contributed by atoms with E-state index in [0.717, 1.165) is 11.6 Å². The van der Waals surface area contributed by atoms with Gasteiger partial charge in [0.25, 0.3) is 0 Å². The van der Waals surface area contributed by atoms with Gasteiger partial charge in [0.15, 0.2) is 17.3 Å². The fourth-order valence-electron chi connectivity index (χ4n) is 3.07. The first-order chi connectivity index (χ1) is 13.8. The van der Waals surface area contributed by atoms with Gasteiger partial charge in [0.1, 0.15) is 22.5 Å². The molecule has 1 aromatic heterocycles. The van der Waals surface area contributed by atoms with Crippen LogP contribution in [0.1, 0.15) is 19.4 Å². The quantitative estimate of drug-likeness (QED) is 0.555. The SMILES string of the molecule is COc1cc(-c2oc3cc(O)cc(O)c3c(=O)c2OC)cc(CC=C(C)C)c1O. The van der Waals surface area contributed by atoms with Crippen molar-refractivity contribution in [1.29, 1.82) is 0 Å². The zero-order valence-electron chi connectivity index (χ0n) is 16.6. The number of phenolic OH excluding ortho intramolecular Hbond substituents is 3. The molecular formula is C22H22O7. The van der Waals surface area contributed by atoms with Crippen molar-refractivity contribution in [2.75, 3.05) is 14.2 Å². The minimum atomic E-state index is -0.584. The molecular weight excluding hydrogens is 376 g/mol. The molecule has 0 unspecified atom stereocenters. The number of phenols is 3. The molecule has 0 saturated heterocycles. The number of ether oxygens (including phenoxy) is 2. The van der Waals surface area contributed by atoms with Crippen LogP contribution >= 0.6 is 0 Å². The number of fused-ring (bicyclic) bond motifs is 1. The van der Waals surface area contributed by atoms with Crippen molar-refractivity contribution in [3.8, 4) is 40.1 Å². The van der Waals surface area contributed by atoms with Gasteiger partial charge in [-0.05, 0) is 32.4 Å². The summed E-state index contributed by atoms with van der Waals surface area (Å²) in [7, 11) is 2.74. The summed E-state index contributed by atoms with van der Waals surface area (Å²) in [6.45, 7) is 3.89. The Kier molecular flexibility index (Phi) is 5.41. The Morgan fingerprint density at radius 1 is 1.07 bits per heavy atom. The summed E-state index contributed by atoms with van der Waals surface area (Å²) in [6.07, 6.45) is 2.39. The van der Waals surface area contributed by atoms with Crippen molar-refractivity contribution in [2.24, 2.45) is 0 Å². The predicted octanol–water partition coefficient (Wildman–Crippen LogP) is 4.10. The van der Waals surface area contributed by atoms with Gasteiger partial charge in [0, 0.05) is 23.3 Å². The Bertz CT molecular complexity index is 1170. The van der Waals surface area contributed by atoms with E-state index >= 15 is 0 Å². The third-order valence-electron chi connectivity index (χ3n) is 4.49. The molecule has 7 nitrogen and oxygen atoms in total. The molecule has 0 atom stereocenters. The molecule has 29 heavy (non-hydrogen) atoms. The minimum Gasteiger partial charge on any atom is -0.508 e. The minimum absolute atomic E-state index is 0.00110. The Labute approximate surface area is 167 Å². The summed E-state index contributed by atoms with van der Waals surface area (Å²) < 4.78 is 16.4. The van der Waals surface area contributed by atoms with Gasteiger partial charge in [-0.2, -0.15) is 0 Å². The second-order valence-electron chi connectivity index (χ2n) is 6.80. The Morgan fingerprint density at radius 2 is 1.79 bits per heavy atom. The first-order valence-corrected chi connectivity index (χ1v) is 8.87. The number of rotatable bonds is 5. The molecule has 0 radical (unpaired) electrons. The van der Waals surface area contributed by atoms with Gasteiger partial charge < -0.3 is 29.2 Å². The van der Waals surface area contributed by atoms with E-state index in [1.807, 2.05) is 19.9 Å². The Hall–Kier alpha value is -3.61. The Balaban J connectivity index is 2.34. The lowest BCUT2D eigenvalue weighted by molar-refractivity contribution is 0.371. The maximum atomic E-state index is 12.9. The molecule has 0 spiro atoms. The van der Waals surface area contributed by atoms with Gasteiger partial charge in [-0.15, -0.1) is 0 Å². The van der Waals surface area contributed by atoms with Crippen LogP contribution in [0.2, 0.25) is 0 Å². The summed E-state index contributed by atoms with van der Waals surface area (Å²) >= 11 is 0. The van der Waals surface area contributed by atoms with E-state index in [9.17, 15) is 20.1 Å². The summed E-state index contributed by atoms with van der Waals surface area (Å²) in [5.74, 6) is -0.478. The molecule has 0 saturated carbocycles. The maximum Gasteiger partial charge on any atom is 0.239 e. The average Bonchev–Trinajstić information content (AvgIpc) is 2.66. The van der Waals surface area contributed by atoms with E-state index in [4.69, 9.17) is 13.9 Å². The van der Waals surface area contributed by atoms with Crippen LogP contribution in [-0.4, -0.2) is 29.5 Å². The molecule has 2 aromatic carbocycles. The second kappa shape index (κ2) is 7.79. The van der Waals surface area contributed by atoms with E-state index < -0.39 is 11.2 Å². The average molecular weight is 398 g/mol. The molecule has 0 bridgehead atoms. The number of allylic oxidation sites excluding steroid dienone is 2. The van der Waals surface area contributed by atoms with Crippen molar-refractivity contribution >= 4 is 11.0 Å². The van der Waals surface area contributed by atoms with Crippen LogP contribution in [0.4, 0.5) is 0 Å². The smallest absolute Gasteiger partial charge is 0.239 e. The second-order valence-corrected chi connectivity index (χ2v) is 6.80. The van der Waals surface area contributed by atoms with E-state index in [2.05, 4.69) is 0 Å². The standard InChI is InChI=1S/C22H22O7/c1-11(2)5-6-12-7-13(8-17(27-3)19(12)25)21-22(28-4)20(26)18-15(24)9-14(23)10-16(18)29-21/h5,7-10,23-25H,6H2,1-4H3. The highest BCUT2D eigenvalue weighted by molar-refractivity contribution is 5.88. The summed E-state index contributed by atoms with van der Waals surface area (Å²) in [5, 5.41) is 30.2. The topological polar surface area (TPSA) is 109 Å². The Morgan fingerprint density at radius 3 is 2.41 bits per heavy atom. The third-order valence-corrected chi connectivity index (χ3v) is 4.49. The van der Waals surface area contributed by atoms with Crippen LogP contribution in [0.3, 0.4) is 0 Å². The third kappa shape index (κ3) is 3.71. The van der Waals surface area contributed by atoms with Crippen molar-refractivity contribution in [3.63, 3.8) is 0 Å². The highest BCUT2D eigenvalue weighted by Crippen LogP contribution is 2.40. The van der Waals surface area contributed by atoms with Gasteiger partial charge in [0.05, 0.1) is 14.2 Å². The molecule has 3 N–H and O–H groups in total. The maximum absolute atomic E-state index is 12.9. The number of hydrogen-bond acceptors (Lipinski definition) is 7. The fraction of sp³-hybridized carbons (Fsp3) is 0.227. The molecule has 1 heterocycles. The van der Waals surface area contributed by atoms with Crippen LogP contribution in [0.25, 0.3) is 22.3 Å². The molecule has 0 aliphatic rings. The van der Waals surface area contributed by atoms with Crippen LogP contribution in [0.15, 0.2) is 45.1 Å². The van der Waals surface area contributed by atoms with Gasteiger partial charge in [-0.1, -0.05) is 11.6 Å². The first-order valence-electron chi connectivity index (χ1n) is 8.87. The summed E-state index contributed by atoms with van der Waals surface area (Å²) in [6, 6.07) is 5.49. The normalized spacial score (nSPS) is 10.8. The van der Waals surface area contributed by atoms with Crippen LogP contribution < -0.4 is 14.9 Å². The molecule has 0 aliphatic heterocycles. The van der Waals surface area contributed by atoms with Crippen molar-refractivity contribution < 1.29 is 29.2 Å². The molecule has 0 aliphatic carbocycles. The van der Waals surface area contributed by atoms with E-state index in [-0.39, 0.29) is 39.7 Å². The van der Waals surface area contributed by atoms with E-state index in [1.165, 1.54) is 26.4 Å². The lowest BCUT2D eigenvalue weighted by Gasteiger charge is -2.14. The molecule has 7 heteroatoms. The lowest BCUT2D eigenvalue weighted by Crippen LogP contribution is -2.08. The predicted molar refractivity (Wildman–Crippen MR) is 109 cm³/mol.